The third-order valence-electron chi connectivity index (χ3n) is 4.63. The normalized spacial score (nSPS) is 17.6. The second-order valence-corrected chi connectivity index (χ2v) is 6.20. The highest BCUT2D eigenvalue weighted by molar-refractivity contribution is 6.04. The van der Waals surface area contributed by atoms with Gasteiger partial charge in [0, 0.05) is 44.0 Å². The minimum Gasteiger partial charge on any atom is -0.383 e. The van der Waals surface area contributed by atoms with Crippen LogP contribution < -0.4 is 11.1 Å². The molecule has 2 aliphatic heterocycles. The van der Waals surface area contributed by atoms with E-state index in [-0.39, 0.29) is 24.1 Å². The van der Waals surface area contributed by atoms with Crippen LogP contribution in [0.25, 0.3) is 0 Å². The molecule has 1 spiro atoms. The number of nitrogens with two attached hydrogens (primary N) is 1. The number of piperidine rings is 1. The summed E-state index contributed by atoms with van der Waals surface area (Å²) in [4.78, 5) is 26.7. The molecule has 1 amide bonds. The smallest absolute Gasteiger partial charge is 0.274 e. The Labute approximate surface area is 155 Å². The van der Waals surface area contributed by atoms with Gasteiger partial charge in [-0.25, -0.2) is 14.4 Å². The van der Waals surface area contributed by atoms with Crippen LogP contribution >= 0.6 is 12.4 Å². The Kier molecular flexibility index (Phi) is 4.78. The molecule has 0 saturated carbocycles. The van der Waals surface area contributed by atoms with Gasteiger partial charge in [0.05, 0.1) is 11.8 Å². The number of carbonyl (C=O) groups is 1. The van der Waals surface area contributed by atoms with E-state index >= 15 is 0 Å². The van der Waals surface area contributed by atoms with Gasteiger partial charge in [0.15, 0.2) is 0 Å². The fourth-order valence-corrected chi connectivity index (χ4v) is 3.34. The van der Waals surface area contributed by atoms with E-state index in [1.54, 1.807) is 17.0 Å². The molecule has 1 saturated heterocycles. The Balaban J connectivity index is 0.00000196. The standard InChI is InChI=1S/C17H17FN6O.ClH/c18-11-2-1-3-12-14(11)15(19)23-17(22-12)4-8-24(9-5-17)16(25)13-10-20-6-7-21-13;/h1-3,6-7,10,22H,4-5,8-9H2,(H2,19,23);1H. The van der Waals surface area contributed by atoms with Crippen molar-refractivity contribution in [3.05, 3.63) is 53.9 Å². The van der Waals surface area contributed by atoms with Crippen molar-refractivity contribution in [2.45, 2.75) is 18.5 Å². The molecule has 4 rings (SSSR count). The molecule has 0 radical (unpaired) electrons. The van der Waals surface area contributed by atoms with E-state index in [4.69, 9.17) is 5.73 Å². The molecule has 0 bridgehead atoms. The summed E-state index contributed by atoms with van der Waals surface area (Å²) < 4.78 is 14.0. The predicted octanol–water partition coefficient (Wildman–Crippen LogP) is 1.80. The van der Waals surface area contributed by atoms with Crippen molar-refractivity contribution in [3.8, 4) is 0 Å². The molecule has 2 aliphatic rings. The topological polar surface area (TPSA) is 96.5 Å². The molecule has 0 atom stereocenters. The summed E-state index contributed by atoms with van der Waals surface area (Å²) in [5.41, 5.74) is 6.68. The number of carbonyl (C=O) groups excluding carboxylic acids is 1. The molecular weight excluding hydrogens is 359 g/mol. The van der Waals surface area contributed by atoms with E-state index in [0.29, 0.717) is 42.9 Å². The molecule has 136 valence electrons. The number of fused-ring (bicyclic) bond motifs is 1. The number of halogens is 2. The molecule has 3 N–H and O–H groups in total. The van der Waals surface area contributed by atoms with Gasteiger partial charge in [0.2, 0.25) is 0 Å². The number of rotatable bonds is 1. The summed E-state index contributed by atoms with van der Waals surface area (Å²) in [6, 6.07) is 4.79. The summed E-state index contributed by atoms with van der Waals surface area (Å²) in [7, 11) is 0. The summed E-state index contributed by atoms with van der Waals surface area (Å²) in [6.45, 7) is 1.01. The zero-order chi connectivity index (χ0) is 17.4. The monoisotopic (exact) mass is 376 g/mol. The van der Waals surface area contributed by atoms with Gasteiger partial charge in [-0.3, -0.25) is 9.78 Å². The third kappa shape index (κ3) is 3.08. The number of nitrogens with one attached hydrogen (secondary N) is 1. The molecule has 7 nitrogen and oxygen atoms in total. The van der Waals surface area contributed by atoms with E-state index in [1.807, 2.05) is 0 Å². The fourth-order valence-electron chi connectivity index (χ4n) is 3.34. The highest BCUT2D eigenvalue weighted by Crippen LogP contribution is 2.35. The van der Waals surface area contributed by atoms with E-state index in [1.165, 1.54) is 24.7 Å². The lowest BCUT2D eigenvalue weighted by Crippen LogP contribution is -2.52. The first kappa shape index (κ1) is 18.1. The van der Waals surface area contributed by atoms with Gasteiger partial charge in [0.1, 0.15) is 23.0 Å². The zero-order valence-electron chi connectivity index (χ0n) is 13.9. The first-order valence-electron chi connectivity index (χ1n) is 8.06. The Morgan fingerprint density at radius 1 is 1.27 bits per heavy atom. The largest absolute Gasteiger partial charge is 0.383 e. The van der Waals surface area contributed by atoms with Gasteiger partial charge in [0.25, 0.3) is 5.91 Å². The fraction of sp³-hybridized carbons (Fsp3) is 0.294. The summed E-state index contributed by atoms with van der Waals surface area (Å²) >= 11 is 0. The maximum absolute atomic E-state index is 14.0. The van der Waals surface area contributed by atoms with Gasteiger partial charge in [-0.05, 0) is 12.1 Å². The SMILES string of the molecule is Cl.NC1=NC2(CCN(C(=O)c3cnccn3)CC2)Nc2cccc(F)c21. The zero-order valence-corrected chi connectivity index (χ0v) is 14.7. The van der Waals surface area contributed by atoms with Crippen LogP contribution in [0.5, 0.6) is 0 Å². The number of hydrogen-bond donors (Lipinski definition) is 2. The number of aromatic nitrogens is 2. The van der Waals surface area contributed by atoms with Crippen molar-refractivity contribution in [2.75, 3.05) is 18.4 Å². The number of hydrogen-bond acceptors (Lipinski definition) is 6. The number of amidine groups is 1. The van der Waals surface area contributed by atoms with Gasteiger partial charge in [-0.1, -0.05) is 6.07 Å². The molecule has 3 heterocycles. The van der Waals surface area contributed by atoms with Crippen LogP contribution in [-0.4, -0.2) is 45.4 Å². The van der Waals surface area contributed by atoms with Gasteiger partial charge in [-0.2, -0.15) is 0 Å². The van der Waals surface area contributed by atoms with E-state index in [0.717, 1.165) is 0 Å². The maximum atomic E-state index is 14.0. The summed E-state index contributed by atoms with van der Waals surface area (Å²) in [6.07, 6.45) is 5.64. The minimum absolute atomic E-state index is 0. The predicted molar refractivity (Wildman–Crippen MR) is 97.9 cm³/mol. The third-order valence-corrected chi connectivity index (χ3v) is 4.63. The molecule has 26 heavy (non-hydrogen) atoms. The lowest BCUT2D eigenvalue weighted by molar-refractivity contribution is 0.0679. The van der Waals surface area contributed by atoms with Crippen molar-refractivity contribution >= 4 is 29.8 Å². The second-order valence-electron chi connectivity index (χ2n) is 6.20. The van der Waals surface area contributed by atoms with Gasteiger partial charge in [-0.15, -0.1) is 12.4 Å². The van der Waals surface area contributed by atoms with Crippen LogP contribution in [0.3, 0.4) is 0 Å². The first-order chi connectivity index (χ1) is 12.1. The molecule has 0 unspecified atom stereocenters. The number of likely N-dealkylation sites (tertiary alicyclic amines) is 1. The number of nitrogens with zero attached hydrogens (tertiary/aromatic N) is 4. The molecule has 1 aromatic heterocycles. The van der Waals surface area contributed by atoms with Gasteiger partial charge >= 0.3 is 0 Å². The highest BCUT2D eigenvalue weighted by atomic mass is 35.5. The van der Waals surface area contributed by atoms with E-state index < -0.39 is 11.5 Å². The summed E-state index contributed by atoms with van der Waals surface area (Å²) in [5, 5.41) is 3.31. The molecular formula is C17H18ClFN6O. The van der Waals surface area contributed by atoms with Crippen LogP contribution in [0, 0.1) is 5.82 Å². The van der Waals surface area contributed by atoms with Crippen molar-refractivity contribution in [3.63, 3.8) is 0 Å². The number of benzene rings is 1. The average molecular weight is 377 g/mol. The lowest BCUT2D eigenvalue weighted by atomic mass is 9.93. The van der Waals surface area contributed by atoms with Crippen molar-refractivity contribution in [1.82, 2.24) is 14.9 Å². The quantitative estimate of drug-likeness (QED) is 0.791. The number of anilines is 1. The second kappa shape index (κ2) is 6.87. The Morgan fingerprint density at radius 3 is 2.73 bits per heavy atom. The van der Waals surface area contributed by atoms with Crippen LogP contribution in [0.15, 0.2) is 41.8 Å². The van der Waals surface area contributed by atoms with Crippen LogP contribution in [0.4, 0.5) is 10.1 Å². The van der Waals surface area contributed by atoms with Crippen molar-refractivity contribution in [1.29, 1.82) is 0 Å². The van der Waals surface area contributed by atoms with Crippen molar-refractivity contribution < 1.29 is 9.18 Å². The van der Waals surface area contributed by atoms with Crippen LogP contribution in [0.2, 0.25) is 0 Å². The Morgan fingerprint density at radius 2 is 2.04 bits per heavy atom. The Hall–Kier alpha value is -2.74. The minimum atomic E-state index is -0.607. The maximum Gasteiger partial charge on any atom is 0.274 e. The highest BCUT2D eigenvalue weighted by Gasteiger charge is 2.39. The number of amides is 1. The molecule has 2 aromatic rings. The molecule has 9 heteroatoms. The average Bonchev–Trinajstić information content (AvgIpc) is 2.62. The molecule has 1 aromatic carbocycles. The first-order valence-corrected chi connectivity index (χ1v) is 8.06. The molecule has 1 fully saturated rings. The molecule has 0 aliphatic carbocycles. The van der Waals surface area contributed by atoms with Gasteiger partial charge < -0.3 is 16.0 Å². The lowest BCUT2D eigenvalue weighted by Gasteiger charge is -2.42. The Bertz CT molecular complexity index is 852. The van der Waals surface area contributed by atoms with Crippen LogP contribution in [0.1, 0.15) is 28.9 Å². The van der Waals surface area contributed by atoms with Crippen LogP contribution in [-0.2, 0) is 0 Å². The van der Waals surface area contributed by atoms with Crippen molar-refractivity contribution in [2.24, 2.45) is 10.7 Å². The summed E-state index contributed by atoms with van der Waals surface area (Å²) in [5.74, 6) is -0.348. The van der Waals surface area contributed by atoms with E-state index in [9.17, 15) is 9.18 Å². The number of aliphatic imine (C=N–C) groups is 1. The van der Waals surface area contributed by atoms with E-state index in [2.05, 4.69) is 20.3 Å².